The van der Waals surface area contributed by atoms with Gasteiger partial charge in [-0.15, -0.1) is 11.8 Å². The predicted molar refractivity (Wildman–Crippen MR) is 142 cm³/mol. The second-order valence-electron chi connectivity index (χ2n) is 7.97. The van der Waals surface area contributed by atoms with Crippen LogP contribution in [-0.4, -0.2) is 30.8 Å². The molecule has 3 aromatic rings. The summed E-state index contributed by atoms with van der Waals surface area (Å²) in [5.74, 6) is 1.21. The summed E-state index contributed by atoms with van der Waals surface area (Å²) in [6, 6.07) is 20.4. The molecule has 2 amide bonds. The number of hydrogen-bond acceptors (Lipinski definition) is 5. The van der Waals surface area contributed by atoms with E-state index >= 15 is 0 Å². The summed E-state index contributed by atoms with van der Waals surface area (Å²) in [5, 5.41) is 5.95. The van der Waals surface area contributed by atoms with Gasteiger partial charge in [0.15, 0.2) is 11.5 Å². The minimum atomic E-state index is -0.250. The van der Waals surface area contributed by atoms with Gasteiger partial charge in [0.05, 0.1) is 30.6 Å². The summed E-state index contributed by atoms with van der Waals surface area (Å²) >= 11 is 1.34. The summed E-state index contributed by atoms with van der Waals surface area (Å²) in [5.41, 5.74) is 3.32. The van der Waals surface area contributed by atoms with E-state index < -0.39 is 0 Å². The Morgan fingerprint density at radius 1 is 0.914 bits per heavy atom. The summed E-state index contributed by atoms with van der Waals surface area (Å²) in [7, 11) is 0. The van der Waals surface area contributed by atoms with Crippen molar-refractivity contribution in [3.63, 3.8) is 0 Å². The normalized spacial score (nSPS) is 11.4. The van der Waals surface area contributed by atoms with Crippen molar-refractivity contribution in [3.8, 4) is 11.5 Å². The Morgan fingerprint density at radius 3 is 2.31 bits per heavy atom. The van der Waals surface area contributed by atoms with Crippen LogP contribution in [0, 0.1) is 6.92 Å². The van der Waals surface area contributed by atoms with Gasteiger partial charge in [0.1, 0.15) is 0 Å². The molecule has 3 rings (SSSR count). The van der Waals surface area contributed by atoms with Crippen LogP contribution in [0.3, 0.4) is 0 Å². The van der Waals surface area contributed by atoms with Crippen molar-refractivity contribution in [1.29, 1.82) is 0 Å². The zero-order valence-corrected chi connectivity index (χ0v) is 21.4. The molecule has 2 N–H and O–H groups in total. The maximum Gasteiger partial charge on any atom is 0.252 e. The van der Waals surface area contributed by atoms with Gasteiger partial charge in [-0.25, -0.2) is 0 Å². The highest BCUT2D eigenvalue weighted by Gasteiger charge is 2.17. The molecule has 0 saturated carbocycles. The molecule has 0 radical (unpaired) electrons. The van der Waals surface area contributed by atoms with Gasteiger partial charge >= 0.3 is 0 Å². The van der Waals surface area contributed by atoms with Crippen molar-refractivity contribution >= 4 is 29.3 Å². The number of rotatable bonds is 11. The summed E-state index contributed by atoms with van der Waals surface area (Å²) in [4.78, 5) is 26.3. The third-order valence-electron chi connectivity index (χ3n) is 5.24. The molecule has 0 aromatic heterocycles. The fourth-order valence-electron chi connectivity index (χ4n) is 3.45. The monoisotopic (exact) mass is 492 g/mol. The SMILES string of the molecule is CCOc1ccc(C(C)NC(=O)c2ccccc2SCC(=O)Nc2ccc(C)cc2)cc1OCC. The van der Waals surface area contributed by atoms with Crippen molar-refractivity contribution in [1.82, 2.24) is 5.32 Å². The lowest BCUT2D eigenvalue weighted by Gasteiger charge is -2.18. The minimum absolute atomic E-state index is 0.125. The molecule has 0 heterocycles. The number of anilines is 1. The number of ether oxygens (including phenoxy) is 2. The quantitative estimate of drug-likeness (QED) is 0.320. The Balaban J connectivity index is 1.65. The fourth-order valence-corrected chi connectivity index (χ4v) is 4.30. The van der Waals surface area contributed by atoms with E-state index in [0.29, 0.717) is 30.3 Å². The highest BCUT2D eigenvalue weighted by Crippen LogP contribution is 2.31. The number of thioether (sulfide) groups is 1. The van der Waals surface area contributed by atoms with Crippen LogP contribution in [0.2, 0.25) is 0 Å². The lowest BCUT2D eigenvalue weighted by atomic mass is 10.1. The van der Waals surface area contributed by atoms with Gasteiger partial charge in [-0.1, -0.05) is 35.9 Å². The Morgan fingerprint density at radius 2 is 1.60 bits per heavy atom. The molecule has 0 bridgehead atoms. The highest BCUT2D eigenvalue weighted by molar-refractivity contribution is 8.00. The molecular weight excluding hydrogens is 460 g/mol. The topological polar surface area (TPSA) is 76.7 Å². The van der Waals surface area contributed by atoms with E-state index in [4.69, 9.17) is 9.47 Å². The molecule has 0 saturated heterocycles. The number of benzene rings is 3. The summed E-state index contributed by atoms with van der Waals surface area (Å²) in [6.07, 6.45) is 0. The first kappa shape index (κ1) is 26.2. The van der Waals surface area contributed by atoms with E-state index in [-0.39, 0.29) is 23.6 Å². The first-order valence-corrected chi connectivity index (χ1v) is 12.7. The smallest absolute Gasteiger partial charge is 0.252 e. The van der Waals surface area contributed by atoms with Crippen molar-refractivity contribution < 1.29 is 19.1 Å². The molecule has 6 nitrogen and oxygen atoms in total. The Labute approximate surface area is 211 Å². The molecule has 3 aromatic carbocycles. The molecule has 35 heavy (non-hydrogen) atoms. The largest absolute Gasteiger partial charge is 0.490 e. The van der Waals surface area contributed by atoms with E-state index in [0.717, 1.165) is 21.7 Å². The van der Waals surface area contributed by atoms with Crippen LogP contribution in [0.1, 0.15) is 48.3 Å². The van der Waals surface area contributed by atoms with Crippen LogP contribution in [-0.2, 0) is 4.79 Å². The van der Waals surface area contributed by atoms with Gasteiger partial charge in [-0.2, -0.15) is 0 Å². The summed E-state index contributed by atoms with van der Waals surface area (Å²) < 4.78 is 11.3. The molecule has 0 aliphatic rings. The van der Waals surface area contributed by atoms with Gasteiger partial charge in [0.2, 0.25) is 5.91 Å². The molecule has 0 aliphatic heterocycles. The van der Waals surface area contributed by atoms with Crippen LogP contribution in [0.25, 0.3) is 0 Å². The number of hydrogen-bond donors (Lipinski definition) is 2. The average molecular weight is 493 g/mol. The third kappa shape index (κ3) is 7.52. The van der Waals surface area contributed by atoms with Gasteiger partial charge in [0.25, 0.3) is 5.91 Å². The zero-order chi connectivity index (χ0) is 25.2. The first-order chi connectivity index (χ1) is 16.9. The Kier molecular flexibility index (Phi) is 9.61. The van der Waals surface area contributed by atoms with Gasteiger partial charge in [-0.3, -0.25) is 9.59 Å². The van der Waals surface area contributed by atoms with E-state index in [1.165, 1.54) is 11.8 Å². The van der Waals surface area contributed by atoms with E-state index in [1.807, 2.05) is 88.4 Å². The van der Waals surface area contributed by atoms with Crippen LogP contribution >= 0.6 is 11.8 Å². The van der Waals surface area contributed by atoms with Crippen molar-refractivity contribution in [3.05, 3.63) is 83.4 Å². The zero-order valence-electron chi connectivity index (χ0n) is 20.6. The van der Waals surface area contributed by atoms with E-state index in [1.54, 1.807) is 6.07 Å². The maximum atomic E-state index is 13.1. The molecule has 0 aliphatic carbocycles. The lowest BCUT2D eigenvalue weighted by Crippen LogP contribution is -2.27. The van der Waals surface area contributed by atoms with Crippen LogP contribution in [0.15, 0.2) is 71.6 Å². The molecule has 1 atom stereocenters. The fraction of sp³-hybridized carbons (Fsp3) is 0.286. The van der Waals surface area contributed by atoms with Crippen LogP contribution in [0.4, 0.5) is 5.69 Å². The number of nitrogens with one attached hydrogen (secondary N) is 2. The number of carbonyl (C=O) groups excluding carboxylic acids is 2. The van der Waals surface area contributed by atoms with Crippen LogP contribution < -0.4 is 20.1 Å². The molecule has 7 heteroatoms. The average Bonchev–Trinajstić information content (AvgIpc) is 2.85. The second-order valence-corrected chi connectivity index (χ2v) is 8.98. The maximum absolute atomic E-state index is 13.1. The lowest BCUT2D eigenvalue weighted by molar-refractivity contribution is -0.113. The molecule has 1 unspecified atom stereocenters. The Bertz CT molecular complexity index is 1150. The molecular formula is C28H32N2O4S. The van der Waals surface area contributed by atoms with E-state index in [9.17, 15) is 9.59 Å². The number of amides is 2. The number of aryl methyl sites for hydroxylation is 1. The second kappa shape index (κ2) is 12.9. The van der Waals surface area contributed by atoms with Crippen LogP contribution in [0.5, 0.6) is 11.5 Å². The molecule has 0 spiro atoms. The van der Waals surface area contributed by atoms with Crippen molar-refractivity contribution in [2.24, 2.45) is 0 Å². The predicted octanol–water partition coefficient (Wildman–Crippen LogP) is 6.01. The van der Waals surface area contributed by atoms with Gasteiger partial charge in [-0.05, 0) is 69.7 Å². The minimum Gasteiger partial charge on any atom is -0.490 e. The molecule has 184 valence electrons. The summed E-state index contributed by atoms with van der Waals surface area (Å²) in [6.45, 7) is 8.83. The molecule has 0 fully saturated rings. The van der Waals surface area contributed by atoms with E-state index in [2.05, 4.69) is 10.6 Å². The van der Waals surface area contributed by atoms with Crippen molar-refractivity contribution in [2.75, 3.05) is 24.3 Å². The van der Waals surface area contributed by atoms with Gasteiger partial charge in [0, 0.05) is 10.6 Å². The van der Waals surface area contributed by atoms with Crippen molar-refractivity contribution in [2.45, 2.75) is 38.6 Å². The third-order valence-corrected chi connectivity index (χ3v) is 6.31. The standard InChI is InChI=1S/C28H32N2O4S/c1-5-33-24-16-13-21(17-25(24)34-6-2)20(4)29-28(32)23-9-7-8-10-26(23)35-18-27(31)30-22-14-11-19(3)12-15-22/h7-17,20H,5-6,18H2,1-4H3,(H,29,32)(H,30,31). The highest BCUT2D eigenvalue weighted by atomic mass is 32.2. The van der Waals surface area contributed by atoms with Gasteiger partial charge < -0.3 is 20.1 Å². The first-order valence-electron chi connectivity index (χ1n) is 11.7. The number of carbonyl (C=O) groups is 2. The Hall–Kier alpha value is -3.45.